The number of nitrogens with zero attached hydrogens (tertiary/aromatic N) is 2. The molecule has 88 valence electrons. The summed E-state index contributed by atoms with van der Waals surface area (Å²) < 4.78 is 1.03. The SMILES string of the molecule is CCc1nc(-c2cccc(Br)c2)ncc1CN. The summed E-state index contributed by atoms with van der Waals surface area (Å²) >= 11 is 3.45. The van der Waals surface area contributed by atoms with Crippen LogP contribution in [0.4, 0.5) is 0 Å². The maximum atomic E-state index is 5.65. The topological polar surface area (TPSA) is 51.8 Å². The van der Waals surface area contributed by atoms with E-state index in [0.717, 1.165) is 33.5 Å². The molecule has 1 aromatic carbocycles. The number of nitrogens with two attached hydrogens (primary N) is 1. The molecule has 1 heterocycles. The first-order valence-corrected chi connectivity index (χ1v) is 6.34. The van der Waals surface area contributed by atoms with Gasteiger partial charge in [-0.2, -0.15) is 0 Å². The molecular weight excluding hydrogens is 278 g/mol. The highest BCUT2D eigenvalue weighted by Gasteiger charge is 2.06. The number of aromatic nitrogens is 2. The van der Waals surface area contributed by atoms with Crippen molar-refractivity contribution in [2.24, 2.45) is 5.73 Å². The highest BCUT2D eigenvalue weighted by Crippen LogP contribution is 2.20. The molecule has 0 aliphatic rings. The first kappa shape index (κ1) is 12.2. The number of aryl methyl sites for hydroxylation is 1. The standard InChI is InChI=1S/C13H14BrN3/c1-2-12-10(7-15)8-16-13(17-12)9-4-3-5-11(14)6-9/h3-6,8H,2,7,15H2,1H3. The van der Waals surface area contributed by atoms with E-state index in [1.54, 1.807) is 0 Å². The van der Waals surface area contributed by atoms with Crippen molar-refractivity contribution in [1.82, 2.24) is 9.97 Å². The van der Waals surface area contributed by atoms with Gasteiger partial charge in [0.05, 0.1) is 0 Å². The van der Waals surface area contributed by atoms with Crippen LogP contribution in [0.15, 0.2) is 34.9 Å². The Morgan fingerprint density at radius 1 is 1.35 bits per heavy atom. The molecule has 3 nitrogen and oxygen atoms in total. The first-order valence-electron chi connectivity index (χ1n) is 5.55. The van der Waals surface area contributed by atoms with Gasteiger partial charge in [-0.25, -0.2) is 9.97 Å². The Kier molecular flexibility index (Phi) is 3.86. The third-order valence-electron chi connectivity index (χ3n) is 2.59. The van der Waals surface area contributed by atoms with Gasteiger partial charge in [-0.05, 0) is 18.6 Å². The lowest BCUT2D eigenvalue weighted by atomic mass is 10.1. The van der Waals surface area contributed by atoms with E-state index in [0.29, 0.717) is 6.54 Å². The molecule has 0 aliphatic heterocycles. The molecule has 0 bridgehead atoms. The molecule has 0 unspecified atom stereocenters. The molecule has 0 saturated carbocycles. The average Bonchev–Trinajstić information content (AvgIpc) is 2.38. The predicted molar refractivity (Wildman–Crippen MR) is 72.4 cm³/mol. The molecule has 4 heteroatoms. The maximum Gasteiger partial charge on any atom is 0.159 e. The Hall–Kier alpha value is -1.26. The van der Waals surface area contributed by atoms with Crippen molar-refractivity contribution in [1.29, 1.82) is 0 Å². The lowest BCUT2D eigenvalue weighted by Gasteiger charge is -2.07. The Balaban J connectivity index is 2.46. The van der Waals surface area contributed by atoms with Gasteiger partial charge in [0.15, 0.2) is 5.82 Å². The van der Waals surface area contributed by atoms with Crippen molar-refractivity contribution >= 4 is 15.9 Å². The van der Waals surface area contributed by atoms with Gasteiger partial charge in [0.25, 0.3) is 0 Å². The molecule has 2 rings (SSSR count). The summed E-state index contributed by atoms with van der Waals surface area (Å²) in [6.07, 6.45) is 2.69. The van der Waals surface area contributed by atoms with Crippen molar-refractivity contribution in [2.45, 2.75) is 19.9 Å². The van der Waals surface area contributed by atoms with Gasteiger partial charge in [0, 0.05) is 34.0 Å². The summed E-state index contributed by atoms with van der Waals surface area (Å²) in [5, 5.41) is 0. The Morgan fingerprint density at radius 3 is 2.82 bits per heavy atom. The van der Waals surface area contributed by atoms with Gasteiger partial charge >= 0.3 is 0 Å². The van der Waals surface area contributed by atoms with Crippen LogP contribution >= 0.6 is 15.9 Å². The van der Waals surface area contributed by atoms with Gasteiger partial charge in [0.1, 0.15) is 0 Å². The third-order valence-corrected chi connectivity index (χ3v) is 3.09. The largest absolute Gasteiger partial charge is 0.326 e. The number of hydrogen-bond donors (Lipinski definition) is 1. The van der Waals surface area contributed by atoms with E-state index in [1.165, 1.54) is 0 Å². The zero-order valence-electron chi connectivity index (χ0n) is 9.65. The van der Waals surface area contributed by atoms with Gasteiger partial charge < -0.3 is 5.73 Å². The van der Waals surface area contributed by atoms with Crippen LogP contribution < -0.4 is 5.73 Å². The fraction of sp³-hybridized carbons (Fsp3) is 0.231. The second-order valence-corrected chi connectivity index (χ2v) is 4.65. The molecule has 17 heavy (non-hydrogen) atoms. The predicted octanol–water partition coefficient (Wildman–Crippen LogP) is 2.93. The molecule has 0 atom stereocenters. The second kappa shape index (κ2) is 5.38. The summed E-state index contributed by atoms with van der Waals surface area (Å²) in [6.45, 7) is 2.56. The lowest BCUT2D eigenvalue weighted by Crippen LogP contribution is -2.05. The van der Waals surface area contributed by atoms with Gasteiger partial charge in [-0.15, -0.1) is 0 Å². The molecule has 0 spiro atoms. The molecule has 0 radical (unpaired) electrons. The Labute approximate surface area is 109 Å². The maximum absolute atomic E-state index is 5.65. The van der Waals surface area contributed by atoms with E-state index < -0.39 is 0 Å². The van der Waals surface area contributed by atoms with E-state index in [9.17, 15) is 0 Å². The third kappa shape index (κ3) is 2.70. The smallest absolute Gasteiger partial charge is 0.159 e. The van der Waals surface area contributed by atoms with Crippen molar-refractivity contribution in [3.63, 3.8) is 0 Å². The summed E-state index contributed by atoms with van der Waals surface area (Å²) in [6, 6.07) is 7.97. The fourth-order valence-corrected chi connectivity index (χ4v) is 2.08. The van der Waals surface area contributed by atoms with Crippen LogP contribution in [-0.4, -0.2) is 9.97 Å². The monoisotopic (exact) mass is 291 g/mol. The number of rotatable bonds is 3. The summed E-state index contributed by atoms with van der Waals surface area (Å²) in [5.41, 5.74) is 8.71. The lowest BCUT2D eigenvalue weighted by molar-refractivity contribution is 0.919. The van der Waals surface area contributed by atoms with Crippen molar-refractivity contribution in [2.75, 3.05) is 0 Å². The van der Waals surface area contributed by atoms with E-state index in [4.69, 9.17) is 5.73 Å². The normalized spacial score (nSPS) is 10.5. The molecule has 0 aliphatic carbocycles. The highest BCUT2D eigenvalue weighted by atomic mass is 79.9. The molecular formula is C13H14BrN3. The van der Waals surface area contributed by atoms with Crippen LogP contribution in [0.25, 0.3) is 11.4 Å². The number of benzene rings is 1. The molecule has 0 fully saturated rings. The van der Waals surface area contributed by atoms with Crippen LogP contribution in [0.1, 0.15) is 18.2 Å². The van der Waals surface area contributed by atoms with Crippen LogP contribution in [-0.2, 0) is 13.0 Å². The van der Waals surface area contributed by atoms with Crippen LogP contribution in [0.2, 0.25) is 0 Å². The number of halogens is 1. The van der Waals surface area contributed by atoms with Crippen molar-refractivity contribution < 1.29 is 0 Å². The first-order chi connectivity index (χ1) is 8.24. The van der Waals surface area contributed by atoms with E-state index >= 15 is 0 Å². The van der Waals surface area contributed by atoms with Crippen LogP contribution in [0, 0.1) is 0 Å². The van der Waals surface area contributed by atoms with E-state index in [2.05, 4.69) is 32.8 Å². The minimum Gasteiger partial charge on any atom is -0.326 e. The average molecular weight is 292 g/mol. The minimum absolute atomic E-state index is 0.488. The summed E-state index contributed by atoms with van der Waals surface area (Å²) in [7, 11) is 0. The van der Waals surface area contributed by atoms with Crippen molar-refractivity contribution in [3.05, 3.63) is 46.2 Å². The molecule has 2 N–H and O–H groups in total. The van der Waals surface area contributed by atoms with Gasteiger partial charge in [-0.3, -0.25) is 0 Å². The summed E-state index contributed by atoms with van der Waals surface area (Å²) in [5.74, 6) is 0.750. The number of hydrogen-bond acceptors (Lipinski definition) is 3. The minimum atomic E-state index is 0.488. The van der Waals surface area contributed by atoms with Gasteiger partial charge in [0.2, 0.25) is 0 Å². The Morgan fingerprint density at radius 2 is 2.18 bits per heavy atom. The molecule has 1 aromatic heterocycles. The van der Waals surface area contributed by atoms with Crippen LogP contribution in [0.3, 0.4) is 0 Å². The van der Waals surface area contributed by atoms with Gasteiger partial charge in [-0.1, -0.05) is 35.0 Å². The highest BCUT2D eigenvalue weighted by molar-refractivity contribution is 9.10. The zero-order chi connectivity index (χ0) is 12.3. The molecule has 0 saturated heterocycles. The molecule has 0 amide bonds. The van der Waals surface area contributed by atoms with Crippen molar-refractivity contribution in [3.8, 4) is 11.4 Å². The summed E-state index contributed by atoms with van der Waals surface area (Å²) in [4.78, 5) is 8.92. The molecule has 2 aromatic rings. The van der Waals surface area contributed by atoms with E-state index in [1.807, 2.05) is 30.5 Å². The second-order valence-electron chi connectivity index (χ2n) is 3.73. The quantitative estimate of drug-likeness (QED) is 0.946. The Bertz CT molecular complexity index is 526. The van der Waals surface area contributed by atoms with E-state index in [-0.39, 0.29) is 0 Å². The zero-order valence-corrected chi connectivity index (χ0v) is 11.2. The van der Waals surface area contributed by atoms with Crippen LogP contribution in [0.5, 0.6) is 0 Å². The fourth-order valence-electron chi connectivity index (χ4n) is 1.69.